The normalized spacial score (nSPS) is 28.4. The van der Waals surface area contributed by atoms with Gasteiger partial charge in [0.15, 0.2) is 5.71 Å². The maximum absolute atomic E-state index is 12.1. The van der Waals surface area contributed by atoms with Gasteiger partial charge in [0, 0.05) is 31.1 Å². The van der Waals surface area contributed by atoms with E-state index in [9.17, 15) is 9.59 Å². The molecular formula is C14H20N6O3S. The van der Waals surface area contributed by atoms with Gasteiger partial charge in [0.05, 0.1) is 18.7 Å². The molecule has 3 aliphatic rings. The van der Waals surface area contributed by atoms with Crippen molar-refractivity contribution >= 4 is 35.2 Å². The second-order valence-corrected chi connectivity index (χ2v) is 7.17. The molecule has 2 saturated heterocycles. The van der Waals surface area contributed by atoms with Gasteiger partial charge in [-0.15, -0.1) is 11.8 Å². The van der Waals surface area contributed by atoms with Crippen LogP contribution in [0.4, 0.5) is 0 Å². The lowest BCUT2D eigenvalue weighted by Gasteiger charge is -2.43. The number of carboxylic acid groups (broad SMARTS) is 1. The maximum atomic E-state index is 12.1. The molecule has 0 aromatic carbocycles. The number of hydrogen-bond acceptors (Lipinski definition) is 7. The number of hydrazone groups is 1. The number of piperazine rings is 1. The quantitative estimate of drug-likeness (QED) is 0.287. The first-order valence-corrected chi connectivity index (χ1v) is 8.70. The van der Waals surface area contributed by atoms with E-state index in [-0.39, 0.29) is 22.1 Å². The zero-order valence-electron chi connectivity index (χ0n) is 13.3. The van der Waals surface area contributed by atoms with E-state index in [1.165, 1.54) is 22.9 Å². The van der Waals surface area contributed by atoms with E-state index in [1.807, 2.05) is 11.8 Å². The third-order valence-corrected chi connectivity index (χ3v) is 5.53. The molecule has 4 N–H and O–H groups in total. The van der Waals surface area contributed by atoms with Crippen LogP contribution in [0.3, 0.4) is 0 Å². The van der Waals surface area contributed by atoms with Gasteiger partial charge in [-0.1, -0.05) is 0 Å². The van der Waals surface area contributed by atoms with Crippen molar-refractivity contribution in [3.63, 3.8) is 0 Å². The third kappa shape index (κ3) is 3.11. The summed E-state index contributed by atoms with van der Waals surface area (Å²) in [7, 11) is 0. The second kappa shape index (κ2) is 6.81. The Morgan fingerprint density at radius 3 is 3.12 bits per heavy atom. The maximum Gasteiger partial charge on any atom is 0.334 e. The number of thioether (sulfide) groups is 1. The fourth-order valence-corrected chi connectivity index (χ4v) is 4.03. The minimum atomic E-state index is -0.997. The van der Waals surface area contributed by atoms with Crippen molar-refractivity contribution in [3.8, 4) is 0 Å². The molecule has 9 nitrogen and oxygen atoms in total. The number of rotatable bonds is 5. The zero-order valence-corrected chi connectivity index (χ0v) is 14.1. The highest BCUT2D eigenvalue weighted by molar-refractivity contribution is 8.01. The van der Waals surface area contributed by atoms with Gasteiger partial charge in [0.25, 0.3) is 5.91 Å². The molecule has 0 aliphatic carbocycles. The molecular weight excluding hydrogens is 332 g/mol. The summed E-state index contributed by atoms with van der Waals surface area (Å²) >= 11 is 1.40. The van der Waals surface area contributed by atoms with Gasteiger partial charge in [-0.25, -0.2) is 4.79 Å². The molecule has 0 radical (unpaired) electrons. The summed E-state index contributed by atoms with van der Waals surface area (Å²) in [6.07, 6.45) is 1.41. The molecule has 130 valence electrons. The molecule has 1 amide bonds. The average Bonchev–Trinajstić information content (AvgIpc) is 2.55. The van der Waals surface area contributed by atoms with Gasteiger partial charge in [-0.2, -0.15) is 5.10 Å². The minimum absolute atomic E-state index is 0.191. The number of nitrogens with zero attached hydrogens (tertiary/aromatic N) is 3. The number of hydrogen-bond donors (Lipinski definition) is 4. The zero-order chi connectivity index (χ0) is 17.3. The van der Waals surface area contributed by atoms with Crippen LogP contribution in [0.2, 0.25) is 0 Å². The van der Waals surface area contributed by atoms with Crippen LogP contribution in [-0.4, -0.2) is 81.7 Å². The predicted octanol–water partition coefficient (Wildman–Crippen LogP) is -0.913. The topological polar surface area (TPSA) is 121 Å². The molecule has 2 atom stereocenters. The van der Waals surface area contributed by atoms with Gasteiger partial charge in [-0.3, -0.25) is 15.1 Å². The monoisotopic (exact) mass is 352 g/mol. The smallest absolute Gasteiger partial charge is 0.334 e. The summed E-state index contributed by atoms with van der Waals surface area (Å²) in [5.41, 5.74) is 3.55. The number of carbonyl (C=O) groups excluding carboxylic acids is 1. The summed E-state index contributed by atoms with van der Waals surface area (Å²) in [5.74, 6) is -0.701. The fraction of sp³-hybridized carbons (Fsp3) is 0.571. The van der Waals surface area contributed by atoms with Crippen LogP contribution in [0.15, 0.2) is 16.9 Å². The van der Waals surface area contributed by atoms with Crippen LogP contribution < -0.4 is 10.7 Å². The Morgan fingerprint density at radius 2 is 2.42 bits per heavy atom. The number of nitrogens with one attached hydrogen (secondary N) is 3. The van der Waals surface area contributed by atoms with Crippen molar-refractivity contribution in [3.05, 3.63) is 11.8 Å². The van der Waals surface area contributed by atoms with Gasteiger partial charge >= 0.3 is 5.97 Å². The predicted molar refractivity (Wildman–Crippen MR) is 91.0 cm³/mol. The first-order valence-electron chi connectivity index (χ1n) is 7.75. The molecule has 10 heteroatoms. The van der Waals surface area contributed by atoms with Crippen LogP contribution in [-0.2, 0) is 9.59 Å². The lowest BCUT2D eigenvalue weighted by atomic mass is 10.1. The molecule has 2 fully saturated rings. The van der Waals surface area contributed by atoms with E-state index >= 15 is 0 Å². The Labute approximate surface area is 143 Å². The summed E-state index contributed by atoms with van der Waals surface area (Å²) in [5, 5.41) is 23.8. The number of β-lactam (4-membered cyclic amide) rings is 1. The molecule has 3 heterocycles. The molecule has 3 aliphatic heterocycles. The van der Waals surface area contributed by atoms with Gasteiger partial charge in [0.1, 0.15) is 11.2 Å². The van der Waals surface area contributed by atoms with E-state index in [1.54, 1.807) is 0 Å². The number of fused-ring (bicyclic) bond motifs is 1. The van der Waals surface area contributed by atoms with Crippen molar-refractivity contribution in [2.45, 2.75) is 17.5 Å². The Kier molecular flexibility index (Phi) is 4.76. The van der Waals surface area contributed by atoms with Crippen LogP contribution >= 0.6 is 11.8 Å². The Bertz CT molecular complexity index is 634. The van der Waals surface area contributed by atoms with E-state index < -0.39 is 5.97 Å². The average molecular weight is 352 g/mol. The number of carbonyl (C=O) groups is 2. The highest BCUT2D eigenvalue weighted by Gasteiger charge is 2.48. The van der Waals surface area contributed by atoms with E-state index in [2.05, 4.69) is 15.8 Å². The van der Waals surface area contributed by atoms with Crippen molar-refractivity contribution in [2.24, 2.45) is 5.10 Å². The molecule has 0 aromatic heterocycles. The third-order valence-electron chi connectivity index (χ3n) is 4.16. The Hall–Kier alpha value is -2.07. The van der Waals surface area contributed by atoms with Crippen LogP contribution in [0, 0.1) is 5.41 Å². The summed E-state index contributed by atoms with van der Waals surface area (Å²) < 4.78 is 0. The van der Waals surface area contributed by atoms with E-state index in [0.29, 0.717) is 31.2 Å². The highest BCUT2D eigenvalue weighted by Crippen LogP contribution is 2.38. The minimum Gasteiger partial charge on any atom is -0.478 e. The standard InChI is InChI=1S/C14H20N6O3S/c1-8-9(14(22)23)7-20-12(21)11(13(20)24-8)18-17-3-5-19-4-2-16-6-10(19)15/h7-8,13,15-17H,2-6H2,1H3,(H,22,23)/b15-10?,18-11+/t8?,13-/m1/s1. The van der Waals surface area contributed by atoms with Gasteiger partial charge in [-0.05, 0) is 6.92 Å². The molecule has 0 bridgehead atoms. The van der Waals surface area contributed by atoms with Crippen molar-refractivity contribution < 1.29 is 14.7 Å². The van der Waals surface area contributed by atoms with Gasteiger partial charge < -0.3 is 20.7 Å². The van der Waals surface area contributed by atoms with Crippen LogP contribution in [0.1, 0.15) is 6.92 Å². The first-order chi connectivity index (χ1) is 11.5. The van der Waals surface area contributed by atoms with E-state index in [0.717, 1.165) is 13.1 Å². The lowest BCUT2D eigenvalue weighted by Crippen LogP contribution is -2.60. The Balaban J connectivity index is 1.53. The van der Waals surface area contributed by atoms with Crippen LogP contribution in [0.5, 0.6) is 0 Å². The molecule has 24 heavy (non-hydrogen) atoms. The number of amides is 1. The summed E-state index contributed by atoms with van der Waals surface area (Å²) in [6, 6.07) is 0. The number of amidine groups is 1. The van der Waals surface area contributed by atoms with Crippen molar-refractivity contribution in [1.82, 2.24) is 20.5 Å². The molecule has 0 spiro atoms. The van der Waals surface area contributed by atoms with E-state index in [4.69, 9.17) is 10.5 Å². The lowest BCUT2D eigenvalue weighted by molar-refractivity contribution is -0.132. The van der Waals surface area contributed by atoms with Crippen LogP contribution in [0.25, 0.3) is 0 Å². The summed E-state index contributed by atoms with van der Waals surface area (Å²) in [4.78, 5) is 26.6. The summed E-state index contributed by atoms with van der Waals surface area (Å²) in [6.45, 7) is 5.25. The fourth-order valence-electron chi connectivity index (χ4n) is 2.76. The van der Waals surface area contributed by atoms with Gasteiger partial charge in [0.2, 0.25) is 0 Å². The Morgan fingerprint density at radius 1 is 1.62 bits per heavy atom. The highest BCUT2D eigenvalue weighted by atomic mass is 32.2. The molecule has 3 rings (SSSR count). The second-order valence-electron chi connectivity index (χ2n) is 5.75. The molecule has 0 aromatic rings. The number of aliphatic carboxylic acids is 1. The van der Waals surface area contributed by atoms with Crippen molar-refractivity contribution in [1.29, 1.82) is 5.41 Å². The first kappa shape index (κ1) is 16.8. The largest absolute Gasteiger partial charge is 0.478 e. The number of carboxylic acids is 1. The molecule has 0 saturated carbocycles. The molecule has 1 unspecified atom stereocenters. The SMILES string of the molecule is CC1S[C@@H]2/C(=N/NCCN3CCNCC3=N)C(=O)N2C=C1C(=O)O. The van der Waals surface area contributed by atoms with Crippen molar-refractivity contribution in [2.75, 3.05) is 32.7 Å².